The lowest BCUT2D eigenvalue weighted by atomic mass is 10.0. The van der Waals surface area contributed by atoms with Crippen molar-refractivity contribution in [1.29, 1.82) is 0 Å². The molecule has 5 rings (SSSR count). The van der Waals surface area contributed by atoms with Gasteiger partial charge >= 0.3 is 0 Å². The number of nitrogens with zero attached hydrogens (tertiary/aromatic N) is 3. The molecule has 29 heavy (non-hydrogen) atoms. The van der Waals surface area contributed by atoms with Gasteiger partial charge in [-0.15, -0.1) is 5.10 Å². The molecule has 1 atom stereocenters. The molecular weight excluding hydrogens is 387 g/mol. The van der Waals surface area contributed by atoms with E-state index >= 15 is 0 Å². The Hall–Kier alpha value is -3.44. The molecule has 0 bridgehead atoms. The van der Waals surface area contributed by atoms with Crippen LogP contribution in [0.3, 0.4) is 0 Å². The van der Waals surface area contributed by atoms with Crippen LogP contribution in [0.4, 0.5) is 10.3 Å². The van der Waals surface area contributed by atoms with Crippen molar-refractivity contribution in [3.63, 3.8) is 0 Å². The third-order valence-electron chi connectivity index (χ3n) is 4.86. The van der Waals surface area contributed by atoms with Crippen LogP contribution in [-0.4, -0.2) is 14.8 Å². The van der Waals surface area contributed by atoms with E-state index in [0.717, 1.165) is 22.4 Å². The number of hydrogen-bond acceptors (Lipinski definition) is 3. The Bertz CT molecular complexity index is 1180. The topological polar surface area (TPSA) is 42.7 Å². The number of hydrogen-bond donors (Lipinski definition) is 1. The number of nitrogens with one attached hydrogen (secondary N) is 1. The first kappa shape index (κ1) is 17.6. The lowest BCUT2D eigenvalue weighted by Crippen LogP contribution is -2.20. The van der Waals surface area contributed by atoms with Gasteiger partial charge in [0, 0.05) is 16.3 Å². The van der Waals surface area contributed by atoms with Crippen molar-refractivity contribution in [3.05, 3.63) is 107 Å². The summed E-state index contributed by atoms with van der Waals surface area (Å²) in [6.45, 7) is 0. The first-order valence-corrected chi connectivity index (χ1v) is 9.57. The summed E-state index contributed by atoms with van der Waals surface area (Å²) in [7, 11) is 0. The van der Waals surface area contributed by atoms with Gasteiger partial charge in [0.25, 0.3) is 0 Å². The zero-order chi connectivity index (χ0) is 19.8. The van der Waals surface area contributed by atoms with Crippen molar-refractivity contribution in [2.24, 2.45) is 0 Å². The average Bonchev–Trinajstić information content (AvgIpc) is 3.19. The summed E-state index contributed by atoms with van der Waals surface area (Å²) >= 11 is 6.01. The van der Waals surface area contributed by atoms with E-state index in [4.69, 9.17) is 21.7 Å². The van der Waals surface area contributed by atoms with Gasteiger partial charge in [-0.1, -0.05) is 54.1 Å². The summed E-state index contributed by atoms with van der Waals surface area (Å²) in [5.41, 5.74) is 3.77. The number of rotatable bonds is 3. The molecule has 0 saturated heterocycles. The maximum atomic E-state index is 13.5. The number of benzene rings is 3. The molecule has 0 amide bonds. The minimum Gasteiger partial charge on any atom is -0.324 e. The zero-order valence-corrected chi connectivity index (χ0v) is 16.0. The van der Waals surface area contributed by atoms with E-state index in [1.807, 2.05) is 59.3 Å². The Labute approximate surface area is 172 Å². The fourth-order valence-electron chi connectivity index (χ4n) is 3.40. The minimum atomic E-state index is -0.268. The van der Waals surface area contributed by atoms with Crippen LogP contribution in [0.15, 0.2) is 84.9 Å². The number of allylic oxidation sites excluding steroid dienone is 1. The summed E-state index contributed by atoms with van der Waals surface area (Å²) < 4.78 is 15.3. The molecule has 2 heterocycles. The highest BCUT2D eigenvalue weighted by Gasteiger charge is 2.25. The molecule has 4 nitrogen and oxygen atoms in total. The standard InChI is InChI=1S/C23H16ClFN4/c24-18-10-6-17(7-11-18)22-27-23-26-20(15-4-2-1-3-5-15)14-21(29(23)28-22)16-8-12-19(25)13-9-16/h1-14,21H,(H,26,27,28)/t21-/m0/s1. The van der Waals surface area contributed by atoms with E-state index < -0.39 is 0 Å². The molecule has 6 heteroatoms. The second-order valence-electron chi connectivity index (χ2n) is 6.78. The summed E-state index contributed by atoms with van der Waals surface area (Å²) in [4.78, 5) is 4.70. The van der Waals surface area contributed by atoms with Crippen LogP contribution in [0.1, 0.15) is 17.2 Å². The van der Waals surface area contributed by atoms with E-state index in [0.29, 0.717) is 16.8 Å². The SMILES string of the molecule is Fc1ccc([C@@H]2C=C(c3ccccc3)Nc3nc(-c4ccc(Cl)cc4)nn32)cc1. The second-order valence-corrected chi connectivity index (χ2v) is 7.21. The van der Waals surface area contributed by atoms with E-state index in [9.17, 15) is 4.39 Å². The van der Waals surface area contributed by atoms with Gasteiger partial charge < -0.3 is 5.32 Å². The van der Waals surface area contributed by atoms with E-state index in [-0.39, 0.29) is 11.9 Å². The lowest BCUT2D eigenvalue weighted by molar-refractivity contribution is 0.604. The van der Waals surface area contributed by atoms with Gasteiger partial charge in [0.05, 0.1) is 0 Å². The third-order valence-corrected chi connectivity index (χ3v) is 5.12. The molecule has 1 aromatic heterocycles. The highest BCUT2D eigenvalue weighted by atomic mass is 35.5. The Balaban J connectivity index is 1.62. The van der Waals surface area contributed by atoms with Gasteiger partial charge in [0.15, 0.2) is 5.82 Å². The molecule has 0 unspecified atom stereocenters. The highest BCUT2D eigenvalue weighted by Crippen LogP contribution is 2.34. The molecule has 3 aromatic carbocycles. The predicted octanol–water partition coefficient (Wildman–Crippen LogP) is 5.79. The normalized spacial score (nSPS) is 15.4. The monoisotopic (exact) mass is 402 g/mol. The maximum absolute atomic E-state index is 13.5. The third kappa shape index (κ3) is 3.41. The van der Waals surface area contributed by atoms with Crippen LogP contribution in [0, 0.1) is 5.82 Å². The Morgan fingerprint density at radius 1 is 0.862 bits per heavy atom. The van der Waals surface area contributed by atoms with Gasteiger partial charge in [0.1, 0.15) is 11.9 Å². The van der Waals surface area contributed by atoms with Crippen LogP contribution >= 0.6 is 11.6 Å². The van der Waals surface area contributed by atoms with Gasteiger partial charge in [-0.25, -0.2) is 9.07 Å². The quantitative estimate of drug-likeness (QED) is 0.471. The predicted molar refractivity (Wildman–Crippen MR) is 113 cm³/mol. The van der Waals surface area contributed by atoms with Crippen molar-refractivity contribution < 1.29 is 4.39 Å². The number of fused-ring (bicyclic) bond motifs is 1. The Morgan fingerprint density at radius 2 is 1.59 bits per heavy atom. The van der Waals surface area contributed by atoms with Crippen LogP contribution < -0.4 is 5.32 Å². The number of halogens is 2. The first-order chi connectivity index (χ1) is 14.2. The number of aromatic nitrogens is 3. The van der Waals surface area contributed by atoms with Crippen LogP contribution in [0.2, 0.25) is 5.02 Å². The molecule has 0 radical (unpaired) electrons. The molecule has 0 aliphatic carbocycles. The van der Waals surface area contributed by atoms with Gasteiger partial charge in [-0.3, -0.25) is 0 Å². The average molecular weight is 403 g/mol. The van der Waals surface area contributed by atoms with Crippen molar-refractivity contribution >= 4 is 23.2 Å². The molecule has 4 aromatic rings. The summed E-state index contributed by atoms with van der Waals surface area (Å²) in [6.07, 6.45) is 2.08. The molecule has 1 aliphatic rings. The van der Waals surface area contributed by atoms with Crippen LogP contribution in [0.5, 0.6) is 0 Å². The molecule has 0 fully saturated rings. The first-order valence-electron chi connectivity index (χ1n) is 9.19. The minimum absolute atomic E-state index is 0.212. The Kier molecular flexibility index (Phi) is 4.37. The van der Waals surface area contributed by atoms with E-state index in [1.54, 1.807) is 12.1 Å². The highest BCUT2D eigenvalue weighted by molar-refractivity contribution is 6.30. The molecule has 0 spiro atoms. The van der Waals surface area contributed by atoms with Gasteiger partial charge in [0.2, 0.25) is 5.95 Å². The van der Waals surface area contributed by atoms with Crippen LogP contribution in [-0.2, 0) is 0 Å². The van der Waals surface area contributed by atoms with Crippen molar-refractivity contribution in [1.82, 2.24) is 14.8 Å². The van der Waals surface area contributed by atoms with Crippen molar-refractivity contribution in [2.75, 3.05) is 5.32 Å². The molecule has 1 N–H and O–H groups in total. The lowest BCUT2D eigenvalue weighted by Gasteiger charge is -2.24. The molecule has 1 aliphatic heterocycles. The van der Waals surface area contributed by atoms with Crippen molar-refractivity contribution in [2.45, 2.75) is 6.04 Å². The molecule has 142 valence electrons. The van der Waals surface area contributed by atoms with Crippen molar-refractivity contribution in [3.8, 4) is 11.4 Å². The van der Waals surface area contributed by atoms with Gasteiger partial charge in [-0.05, 0) is 53.6 Å². The smallest absolute Gasteiger partial charge is 0.227 e. The maximum Gasteiger partial charge on any atom is 0.227 e. The van der Waals surface area contributed by atoms with E-state index in [1.165, 1.54) is 12.1 Å². The number of anilines is 1. The summed E-state index contributed by atoms with van der Waals surface area (Å²) in [5.74, 6) is 0.959. The Morgan fingerprint density at radius 3 is 2.31 bits per heavy atom. The van der Waals surface area contributed by atoms with Crippen LogP contribution in [0.25, 0.3) is 17.1 Å². The fraction of sp³-hybridized carbons (Fsp3) is 0.0435. The summed E-state index contributed by atoms with van der Waals surface area (Å²) in [5, 5.41) is 8.76. The second kappa shape index (κ2) is 7.18. The molecular formula is C23H16ClFN4. The van der Waals surface area contributed by atoms with Gasteiger partial charge in [-0.2, -0.15) is 4.98 Å². The molecule has 0 saturated carbocycles. The van der Waals surface area contributed by atoms with E-state index in [2.05, 4.69) is 11.4 Å². The largest absolute Gasteiger partial charge is 0.324 e. The summed E-state index contributed by atoms with van der Waals surface area (Å²) in [6, 6.07) is 23.7. The zero-order valence-electron chi connectivity index (χ0n) is 15.3. The fourth-order valence-corrected chi connectivity index (χ4v) is 3.52.